The Labute approximate surface area is 159 Å². The number of nitrogens with zero attached hydrogens (tertiary/aromatic N) is 1. The van der Waals surface area contributed by atoms with Crippen molar-refractivity contribution >= 4 is 21.6 Å². The van der Waals surface area contributed by atoms with Crippen molar-refractivity contribution in [2.24, 2.45) is 5.92 Å². The third kappa shape index (κ3) is 3.87. The van der Waals surface area contributed by atoms with E-state index in [0.717, 1.165) is 34.1 Å². The first-order valence-electron chi connectivity index (χ1n) is 10.3. The van der Waals surface area contributed by atoms with Crippen LogP contribution in [0.4, 0.5) is 0 Å². The number of piperazine rings is 1. The van der Waals surface area contributed by atoms with Crippen LogP contribution in [0.5, 0.6) is 0 Å². The van der Waals surface area contributed by atoms with Gasteiger partial charge in [0.1, 0.15) is 37.6 Å². The van der Waals surface area contributed by atoms with Crippen molar-refractivity contribution in [2.75, 3.05) is 32.7 Å². The molecule has 0 aromatic carbocycles. The summed E-state index contributed by atoms with van der Waals surface area (Å²) in [5.41, 5.74) is 1.12. The average molecular weight is 377 g/mol. The Bertz CT molecular complexity index is 813. The van der Waals surface area contributed by atoms with Crippen LogP contribution in [0.2, 0.25) is 0 Å². The molecule has 1 saturated heterocycles. The van der Waals surface area contributed by atoms with E-state index in [4.69, 9.17) is 4.98 Å². The second-order valence-electron chi connectivity index (χ2n) is 8.36. The summed E-state index contributed by atoms with van der Waals surface area (Å²) in [5, 5.41) is 0.785. The summed E-state index contributed by atoms with van der Waals surface area (Å²) >= 11 is 1.64. The molecular weight excluding hydrogens is 344 g/mol. The van der Waals surface area contributed by atoms with Crippen LogP contribution in [0.3, 0.4) is 0 Å². The first kappa shape index (κ1) is 18.1. The van der Waals surface area contributed by atoms with Crippen molar-refractivity contribution < 1.29 is 9.80 Å². The highest BCUT2D eigenvalue weighted by Gasteiger charge is 2.27. The summed E-state index contributed by atoms with van der Waals surface area (Å²) < 4.78 is 0. The van der Waals surface area contributed by atoms with E-state index in [1.165, 1.54) is 69.7 Å². The van der Waals surface area contributed by atoms with Crippen LogP contribution >= 0.6 is 11.3 Å². The monoisotopic (exact) mass is 376 g/mol. The van der Waals surface area contributed by atoms with Crippen LogP contribution in [0.15, 0.2) is 4.79 Å². The van der Waals surface area contributed by atoms with Crippen LogP contribution in [-0.4, -0.2) is 42.7 Å². The van der Waals surface area contributed by atoms with Gasteiger partial charge in [-0.05, 0) is 32.3 Å². The number of rotatable bonds is 4. The summed E-state index contributed by atoms with van der Waals surface area (Å²) in [6.07, 6.45) is 7.23. The van der Waals surface area contributed by atoms with Crippen molar-refractivity contribution in [1.82, 2.24) is 9.97 Å². The molecule has 2 aliphatic rings. The van der Waals surface area contributed by atoms with Crippen molar-refractivity contribution in [1.29, 1.82) is 0 Å². The maximum Gasteiger partial charge on any atom is 0.260 e. The van der Waals surface area contributed by atoms with Gasteiger partial charge in [0.05, 0.1) is 11.9 Å². The minimum Gasteiger partial charge on any atom is -0.325 e. The largest absolute Gasteiger partial charge is 0.325 e. The third-order valence-electron chi connectivity index (χ3n) is 6.47. The fraction of sp³-hybridized carbons (Fsp3) is 0.700. The Kier molecular flexibility index (Phi) is 5.43. The zero-order valence-electron chi connectivity index (χ0n) is 16.1. The lowest BCUT2D eigenvalue weighted by atomic mass is 9.89. The van der Waals surface area contributed by atoms with Gasteiger partial charge in [-0.2, -0.15) is 0 Å². The zero-order chi connectivity index (χ0) is 18.1. The molecule has 3 heterocycles. The molecule has 1 aliphatic heterocycles. The summed E-state index contributed by atoms with van der Waals surface area (Å²) in [5.74, 6) is 1.82. The van der Waals surface area contributed by atoms with E-state index in [1.807, 2.05) is 6.92 Å². The van der Waals surface area contributed by atoms with Gasteiger partial charge < -0.3 is 14.8 Å². The van der Waals surface area contributed by atoms with Gasteiger partial charge in [0.2, 0.25) is 0 Å². The van der Waals surface area contributed by atoms with E-state index in [1.54, 1.807) is 21.1 Å². The van der Waals surface area contributed by atoms with Gasteiger partial charge in [0.25, 0.3) is 5.56 Å². The normalized spacial score (nSPS) is 25.0. The predicted molar refractivity (Wildman–Crippen MR) is 106 cm³/mol. The van der Waals surface area contributed by atoms with Crippen LogP contribution in [-0.2, 0) is 6.54 Å². The Balaban J connectivity index is 1.35. The van der Waals surface area contributed by atoms with Gasteiger partial charge in [-0.25, -0.2) is 4.98 Å². The molecule has 142 valence electrons. The third-order valence-corrected chi connectivity index (χ3v) is 7.57. The summed E-state index contributed by atoms with van der Waals surface area (Å²) in [6.45, 7) is 11.2. The van der Waals surface area contributed by atoms with Crippen molar-refractivity contribution in [3.05, 3.63) is 26.6 Å². The van der Waals surface area contributed by atoms with Crippen molar-refractivity contribution in [3.63, 3.8) is 0 Å². The van der Waals surface area contributed by atoms with Crippen molar-refractivity contribution in [3.8, 4) is 0 Å². The van der Waals surface area contributed by atoms with E-state index in [0.29, 0.717) is 0 Å². The molecule has 4 rings (SSSR count). The number of aromatic amines is 1. The molecule has 0 radical (unpaired) electrons. The molecule has 0 amide bonds. The summed E-state index contributed by atoms with van der Waals surface area (Å²) in [4.78, 5) is 25.7. The van der Waals surface area contributed by atoms with Gasteiger partial charge in [0, 0.05) is 10.8 Å². The van der Waals surface area contributed by atoms with Crippen LogP contribution in [0.25, 0.3) is 10.2 Å². The fourth-order valence-corrected chi connectivity index (χ4v) is 5.81. The molecule has 2 aromatic heterocycles. The van der Waals surface area contributed by atoms with E-state index in [-0.39, 0.29) is 5.56 Å². The van der Waals surface area contributed by atoms with Crippen LogP contribution in [0.1, 0.15) is 48.4 Å². The lowest BCUT2D eigenvalue weighted by molar-refractivity contribution is -1.02. The highest BCUT2D eigenvalue weighted by atomic mass is 32.1. The molecule has 0 atom stereocenters. The lowest BCUT2D eigenvalue weighted by Gasteiger charge is -2.32. The topological polar surface area (TPSA) is 54.6 Å². The average Bonchev–Trinajstić information content (AvgIpc) is 2.92. The standard InChI is InChI=1S/C20H30N4OS/c1-14-15(2)26-20-18(14)19(25)21-17(22-20)13-24-10-8-23(9-11-24)12-16-6-4-3-5-7-16/h16H,3-13H2,1-2H3,(H,21,22,25)/p+2. The Morgan fingerprint density at radius 1 is 1.08 bits per heavy atom. The van der Waals surface area contributed by atoms with Gasteiger partial charge in [-0.15, -0.1) is 11.3 Å². The SMILES string of the molecule is Cc1sc2nc(C[NH+]3CC[NH+](CC4CCCCC4)CC3)[nH]c(=O)c2c1C. The Hall–Kier alpha value is -1.24. The van der Waals surface area contributed by atoms with Gasteiger partial charge in [-0.3, -0.25) is 4.79 Å². The number of hydrogen-bond donors (Lipinski definition) is 3. The van der Waals surface area contributed by atoms with Gasteiger partial charge >= 0.3 is 0 Å². The van der Waals surface area contributed by atoms with Crippen LogP contribution < -0.4 is 15.4 Å². The molecule has 0 unspecified atom stereocenters. The Morgan fingerprint density at radius 3 is 2.50 bits per heavy atom. The van der Waals surface area contributed by atoms with Crippen LogP contribution in [0, 0.1) is 19.8 Å². The smallest absolute Gasteiger partial charge is 0.260 e. The molecule has 0 bridgehead atoms. The highest BCUT2D eigenvalue weighted by Crippen LogP contribution is 2.25. The quantitative estimate of drug-likeness (QED) is 0.726. The molecule has 26 heavy (non-hydrogen) atoms. The predicted octanol–water partition coefficient (Wildman–Crippen LogP) is 0.465. The number of H-pyrrole nitrogens is 1. The van der Waals surface area contributed by atoms with E-state index in [9.17, 15) is 4.79 Å². The molecule has 1 saturated carbocycles. The molecule has 2 aromatic rings. The summed E-state index contributed by atoms with van der Waals surface area (Å²) in [7, 11) is 0. The number of quaternary nitrogens is 2. The molecule has 0 spiro atoms. The highest BCUT2D eigenvalue weighted by molar-refractivity contribution is 7.18. The minimum absolute atomic E-state index is 0.0350. The van der Waals surface area contributed by atoms with Gasteiger partial charge in [0.15, 0.2) is 5.82 Å². The molecule has 5 nitrogen and oxygen atoms in total. The molecule has 1 aliphatic carbocycles. The van der Waals surface area contributed by atoms with E-state index < -0.39 is 0 Å². The maximum atomic E-state index is 12.4. The first-order chi connectivity index (χ1) is 12.6. The van der Waals surface area contributed by atoms with E-state index in [2.05, 4.69) is 11.9 Å². The fourth-order valence-electron chi connectivity index (χ4n) is 4.76. The minimum atomic E-state index is 0.0350. The Morgan fingerprint density at radius 2 is 1.77 bits per heavy atom. The molecular formula is C20H32N4OS+2. The molecule has 6 heteroatoms. The molecule has 2 fully saturated rings. The number of thiophene rings is 1. The van der Waals surface area contributed by atoms with E-state index >= 15 is 0 Å². The lowest BCUT2D eigenvalue weighted by Crippen LogP contribution is -3.27. The second kappa shape index (κ2) is 7.79. The molecule has 3 N–H and O–H groups in total. The number of aryl methyl sites for hydroxylation is 2. The first-order valence-corrected chi connectivity index (χ1v) is 11.1. The van der Waals surface area contributed by atoms with Crippen molar-refractivity contribution in [2.45, 2.75) is 52.5 Å². The number of fused-ring (bicyclic) bond motifs is 1. The van der Waals surface area contributed by atoms with Gasteiger partial charge in [-0.1, -0.05) is 19.3 Å². The maximum absolute atomic E-state index is 12.4. The summed E-state index contributed by atoms with van der Waals surface area (Å²) in [6, 6.07) is 0. The number of hydrogen-bond acceptors (Lipinski definition) is 3. The zero-order valence-corrected chi connectivity index (χ0v) is 16.9. The second-order valence-corrected chi connectivity index (χ2v) is 9.56. The number of nitrogens with one attached hydrogen (secondary N) is 3. The number of aromatic nitrogens is 2.